The summed E-state index contributed by atoms with van der Waals surface area (Å²) in [5.41, 5.74) is -0.596. The van der Waals surface area contributed by atoms with E-state index in [1.165, 1.54) is 7.11 Å². The number of hydrogen-bond donors (Lipinski definition) is 0. The molecular formula is C14H28NO6PS. The number of carbonyl (C=O) groups excluding carboxylic acids is 1. The van der Waals surface area contributed by atoms with Crippen LogP contribution in [-0.2, 0) is 27.9 Å². The van der Waals surface area contributed by atoms with Crippen LogP contribution in [0.3, 0.4) is 0 Å². The Morgan fingerprint density at radius 2 is 2.00 bits per heavy atom. The van der Waals surface area contributed by atoms with Gasteiger partial charge in [0.25, 0.3) is 0 Å². The molecule has 9 heteroatoms. The van der Waals surface area contributed by atoms with Crippen molar-refractivity contribution in [2.45, 2.75) is 27.2 Å². The predicted octanol–water partition coefficient (Wildman–Crippen LogP) is 2.76. The van der Waals surface area contributed by atoms with Crippen molar-refractivity contribution in [3.63, 3.8) is 0 Å². The topological polar surface area (TPSA) is 74.3 Å². The molecule has 0 bridgehead atoms. The molecule has 1 unspecified atom stereocenters. The minimum atomic E-state index is -3.23. The smallest absolute Gasteiger partial charge is 0.392 e. The molecule has 1 fully saturated rings. The Balaban J connectivity index is 2.34. The largest absolute Gasteiger partial charge is 0.454 e. The molecule has 0 saturated carbocycles. The number of ether oxygens (including phenoxy) is 2. The SMILES string of the molecule is CCOP(=O)(OC)SCOC(=O)C(C)(C)CCN1CCOCC1. The zero-order valence-electron chi connectivity index (χ0n) is 14.4. The molecule has 1 atom stereocenters. The lowest BCUT2D eigenvalue weighted by atomic mass is 9.89. The zero-order valence-corrected chi connectivity index (χ0v) is 16.1. The van der Waals surface area contributed by atoms with E-state index in [0.29, 0.717) is 6.42 Å². The van der Waals surface area contributed by atoms with Crippen LogP contribution in [0.5, 0.6) is 0 Å². The molecule has 136 valence electrons. The Bertz CT molecular complexity index is 414. The number of morpholine rings is 1. The van der Waals surface area contributed by atoms with Crippen molar-refractivity contribution in [3.05, 3.63) is 0 Å². The summed E-state index contributed by atoms with van der Waals surface area (Å²) in [7, 11) is 1.32. The normalized spacial score (nSPS) is 19.3. The van der Waals surface area contributed by atoms with Gasteiger partial charge in [-0.3, -0.25) is 9.69 Å². The summed E-state index contributed by atoms with van der Waals surface area (Å²) in [6.45, 7) is 6.60. The Labute approximate surface area is 142 Å². The number of carbonyl (C=O) groups is 1. The lowest BCUT2D eigenvalue weighted by Crippen LogP contribution is -2.39. The standard InChI is InChI=1S/C14H28NO6PS/c1-5-21-22(17,18-4)23-12-20-13(16)14(2,3)6-7-15-8-10-19-11-9-15/h5-12H2,1-4H3. The van der Waals surface area contributed by atoms with Crippen LogP contribution in [0.4, 0.5) is 0 Å². The van der Waals surface area contributed by atoms with Crippen molar-refractivity contribution in [1.82, 2.24) is 4.90 Å². The lowest BCUT2D eigenvalue weighted by Gasteiger charge is -2.30. The number of rotatable bonds is 10. The molecule has 1 aliphatic heterocycles. The molecule has 23 heavy (non-hydrogen) atoms. The third-order valence-electron chi connectivity index (χ3n) is 3.62. The second-order valence-corrected chi connectivity index (χ2v) is 9.94. The summed E-state index contributed by atoms with van der Waals surface area (Å²) in [4.78, 5) is 14.5. The molecule has 0 radical (unpaired) electrons. The first-order chi connectivity index (χ1) is 10.8. The maximum absolute atomic E-state index is 12.2. The molecule has 0 spiro atoms. The lowest BCUT2D eigenvalue weighted by molar-refractivity contribution is -0.152. The highest BCUT2D eigenvalue weighted by Crippen LogP contribution is 2.59. The van der Waals surface area contributed by atoms with Crippen molar-refractivity contribution >= 4 is 24.1 Å². The fourth-order valence-electron chi connectivity index (χ4n) is 2.01. The van der Waals surface area contributed by atoms with Crippen molar-refractivity contribution in [3.8, 4) is 0 Å². The van der Waals surface area contributed by atoms with E-state index >= 15 is 0 Å². The van der Waals surface area contributed by atoms with E-state index in [1.54, 1.807) is 6.92 Å². The van der Waals surface area contributed by atoms with E-state index in [-0.39, 0.29) is 18.5 Å². The van der Waals surface area contributed by atoms with Gasteiger partial charge in [0.15, 0.2) is 0 Å². The van der Waals surface area contributed by atoms with E-state index in [9.17, 15) is 9.36 Å². The monoisotopic (exact) mass is 369 g/mol. The van der Waals surface area contributed by atoms with Crippen LogP contribution in [-0.4, -0.2) is 63.4 Å². The Hall–Kier alpha value is -0.110. The van der Waals surface area contributed by atoms with Crippen LogP contribution in [0.2, 0.25) is 0 Å². The van der Waals surface area contributed by atoms with Gasteiger partial charge in [0.2, 0.25) is 0 Å². The summed E-state index contributed by atoms with van der Waals surface area (Å²) >= 11 is 0.880. The number of esters is 1. The van der Waals surface area contributed by atoms with E-state index in [1.807, 2.05) is 13.8 Å². The quantitative estimate of drug-likeness (QED) is 0.331. The van der Waals surface area contributed by atoms with Gasteiger partial charge < -0.3 is 18.5 Å². The fourth-order valence-corrected chi connectivity index (χ4v) is 4.30. The highest BCUT2D eigenvalue weighted by molar-refractivity contribution is 8.55. The molecule has 0 aliphatic carbocycles. The minimum absolute atomic E-state index is 0.0507. The average Bonchev–Trinajstić information content (AvgIpc) is 2.54. The van der Waals surface area contributed by atoms with E-state index in [2.05, 4.69) is 4.90 Å². The fraction of sp³-hybridized carbons (Fsp3) is 0.929. The van der Waals surface area contributed by atoms with Crippen molar-refractivity contribution in [2.75, 3.05) is 52.5 Å². The number of hydrogen-bond acceptors (Lipinski definition) is 8. The maximum Gasteiger partial charge on any atom is 0.392 e. The molecular weight excluding hydrogens is 341 g/mol. The van der Waals surface area contributed by atoms with E-state index in [0.717, 1.165) is 44.2 Å². The molecule has 1 rings (SSSR count). The third kappa shape index (κ3) is 7.54. The molecule has 1 aliphatic rings. The summed E-state index contributed by atoms with van der Waals surface area (Å²) in [5, 5.41) is 0. The molecule has 1 saturated heterocycles. The summed E-state index contributed by atoms with van der Waals surface area (Å²) < 4.78 is 32.5. The van der Waals surface area contributed by atoms with Crippen LogP contribution >= 0.6 is 18.2 Å². The average molecular weight is 369 g/mol. The zero-order chi connectivity index (χ0) is 17.3. The molecule has 7 nitrogen and oxygen atoms in total. The van der Waals surface area contributed by atoms with Gasteiger partial charge in [-0.1, -0.05) is 0 Å². The highest BCUT2D eigenvalue weighted by atomic mass is 32.7. The van der Waals surface area contributed by atoms with Crippen molar-refractivity contribution < 1.29 is 27.9 Å². The second-order valence-electron chi connectivity index (χ2n) is 5.81. The van der Waals surface area contributed by atoms with Crippen molar-refractivity contribution in [1.29, 1.82) is 0 Å². The highest BCUT2D eigenvalue weighted by Gasteiger charge is 2.31. The van der Waals surface area contributed by atoms with Gasteiger partial charge in [-0.15, -0.1) is 0 Å². The summed E-state index contributed by atoms with van der Waals surface area (Å²) in [5.74, 6) is -0.359. The second kappa shape index (κ2) is 10.0. The molecule has 0 N–H and O–H groups in total. The third-order valence-corrected chi connectivity index (χ3v) is 7.21. The Kier molecular flexibility index (Phi) is 9.11. The molecule has 1 heterocycles. The first-order valence-corrected chi connectivity index (χ1v) is 10.9. The maximum atomic E-state index is 12.2. The summed E-state index contributed by atoms with van der Waals surface area (Å²) in [6, 6.07) is 0. The number of nitrogens with zero attached hydrogens (tertiary/aromatic N) is 1. The molecule has 0 aromatic carbocycles. The van der Waals surface area contributed by atoms with Gasteiger partial charge in [-0.05, 0) is 33.7 Å². The first kappa shape index (κ1) is 20.9. The van der Waals surface area contributed by atoms with Gasteiger partial charge in [-0.25, -0.2) is 4.57 Å². The predicted molar refractivity (Wildman–Crippen MR) is 90.4 cm³/mol. The minimum Gasteiger partial charge on any atom is -0.454 e. The molecule has 0 aromatic heterocycles. The van der Waals surface area contributed by atoms with Crippen LogP contribution in [0.15, 0.2) is 0 Å². The first-order valence-electron chi connectivity index (χ1n) is 7.75. The Morgan fingerprint density at radius 3 is 2.57 bits per heavy atom. The van der Waals surface area contributed by atoms with Crippen LogP contribution in [0, 0.1) is 5.41 Å². The van der Waals surface area contributed by atoms with E-state index < -0.39 is 12.2 Å². The Morgan fingerprint density at radius 1 is 1.35 bits per heavy atom. The van der Waals surface area contributed by atoms with Gasteiger partial charge in [-0.2, -0.15) is 0 Å². The summed E-state index contributed by atoms with van der Waals surface area (Å²) in [6.07, 6.45) is 0.698. The van der Waals surface area contributed by atoms with E-state index in [4.69, 9.17) is 18.5 Å². The van der Waals surface area contributed by atoms with Gasteiger partial charge in [0.05, 0.1) is 25.2 Å². The van der Waals surface area contributed by atoms with Gasteiger partial charge in [0, 0.05) is 31.6 Å². The van der Waals surface area contributed by atoms with Crippen LogP contribution < -0.4 is 0 Å². The molecule has 0 aromatic rings. The van der Waals surface area contributed by atoms with Crippen LogP contribution in [0.25, 0.3) is 0 Å². The van der Waals surface area contributed by atoms with Crippen LogP contribution in [0.1, 0.15) is 27.2 Å². The van der Waals surface area contributed by atoms with Gasteiger partial charge in [0.1, 0.15) is 5.94 Å². The van der Waals surface area contributed by atoms with Gasteiger partial charge >= 0.3 is 12.8 Å². The van der Waals surface area contributed by atoms with Crippen molar-refractivity contribution in [2.24, 2.45) is 5.41 Å². The molecule has 0 amide bonds.